The van der Waals surface area contributed by atoms with Gasteiger partial charge in [0, 0.05) is 25.7 Å². The summed E-state index contributed by atoms with van der Waals surface area (Å²) in [5, 5.41) is 8.56. The van der Waals surface area contributed by atoms with Gasteiger partial charge in [0.2, 0.25) is 0 Å². The van der Waals surface area contributed by atoms with E-state index >= 15 is 0 Å². The monoisotopic (exact) mass is 272 g/mol. The number of ether oxygens (including phenoxy) is 1. The Balaban J connectivity index is 1.88. The number of hydrogen-bond acceptors (Lipinski definition) is 4. The fraction of sp³-hybridized carbons (Fsp3) is 0.467. The highest BCUT2D eigenvalue weighted by Crippen LogP contribution is 2.28. The first-order chi connectivity index (χ1) is 9.88. The van der Waals surface area contributed by atoms with Crippen LogP contribution in [0.5, 0.6) is 0 Å². The molecule has 0 atom stereocenters. The lowest BCUT2D eigenvalue weighted by Gasteiger charge is -2.23. The van der Waals surface area contributed by atoms with Gasteiger partial charge in [-0.2, -0.15) is 0 Å². The number of rotatable bonds is 4. The summed E-state index contributed by atoms with van der Waals surface area (Å²) in [5.74, 6) is 0.459. The van der Waals surface area contributed by atoms with E-state index in [2.05, 4.69) is 22.4 Å². The van der Waals surface area contributed by atoms with Gasteiger partial charge in [-0.3, -0.25) is 0 Å². The Bertz CT molecular complexity index is 546. The molecule has 0 bridgehead atoms. The van der Waals surface area contributed by atoms with Gasteiger partial charge in [0.05, 0.1) is 17.9 Å². The van der Waals surface area contributed by atoms with Crippen LogP contribution in [0.4, 0.5) is 0 Å². The van der Waals surface area contributed by atoms with E-state index in [1.165, 1.54) is 11.3 Å². The highest BCUT2D eigenvalue weighted by atomic mass is 16.5. The van der Waals surface area contributed by atoms with Crippen molar-refractivity contribution in [2.45, 2.75) is 31.8 Å². The second-order valence-electron chi connectivity index (χ2n) is 5.16. The van der Waals surface area contributed by atoms with E-state index in [4.69, 9.17) is 10.5 Å². The van der Waals surface area contributed by atoms with Crippen molar-refractivity contribution in [2.75, 3.05) is 13.2 Å². The quantitative estimate of drug-likeness (QED) is 0.919. The molecule has 0 unspecified atom stereocenters. The maximum atomic E-state index is 5.82. The summed E-state index contributed by atoms with van der Waals surface area (Å²) in [7, 11) is 0. The van der Waals surface area contributed by atoms with Crippen LogP contribution in [0.3, 0.4) is 0 Å². The largest absolute Gasteiger partial charge is 0.381 e. The van der Waals surface area contributed by atoms with Crippen molar-refractivity contribution < 1.29 is 4.74 Å². The minimum atomic E-state index is 0.446. The highest BCUT2D eigenvalue weighted by molar-refractivity contribution is 5.20. The maximum absolute atomic E-state index is 5.82. The molecule has 5 heteroatoms. The molecule has 2 N–H and O–H groups in total. The van der Waals surface area contributed by atoms with Gasteiger partial charge >= 0.3 is 0 Å². The third kappa shape index (κ3) is 2.73. The molecule has 5 nitrogen and oxygen atoms in total. The van der Waals surface area contributed by atoms with Crippen molar-refractivity contribution in [3.63, 3.8) is 0 Å². The van der Waals surface area contributed by atoms with E-state index in [-0.39, 0.29) is 0 Å². The van der Waals surface area contributed by atoms with Crippen LogP contribution in [0.25, 0.3) is 0 Å². The van der Waals surface area contributed by atoms with E-state index in [9.17, 15) is 0 Å². The van der Waals surface area contributed by atoms with E-state index in [0.717, 1.165) is 38.3 Å². The SMILES string of the molecule is NCc1nnn(Cc2ccccc2)c1C1CCOCC1. The second-order valence-corrected chi connectivity index (χ2v) is 5.16. The fourth-order valence-electron chi connectivity index (χ4n) is 2.79. The molecule has 20 heavy (non-hydrogen) atoms. The minimum absolute atomic E-state index is 0.446. The van der Waals surface area contributed by atoms with Crippen molar-refractivity contribution in [3.05, 3.63) is 47.3 Å². The summed E-state index contributed by atoms with van der Waals surface area (Å²) in [5.41, 5.74) is 9.17. The first kappa shape index (κ1) is 13.3. The number of benzene rings is 1. The maximum Gasteiger partial charge on any atom is 0.0997 e. The zero-order chi connectivity index (χ0) is 13.8. The van der Waals surface area contributed by atoms with Crippen LogP contribution in [0.1, 0.15) is 35.7 Å². The molecule has 3 rings (SSSR count). The van der Waals surface area contributed by atoms with Crippen molar-refractivity contribution in [2.24, 2.45) is 5.73 Å². The zero-order valence-corrected chi connectivity index (χ0v) is 11.5. The molecule has 1 aromatic heterocycles. The second kappa shape index (κ2) is 6.15. The van der Waals surface area contributed by atoms with Crippen molar-refractivity contribution in [3.8, 4) is 0 Å². The van der Waals surface area contributed by atoms with E-state index < -0.39 is 0 Å². The fourth-order valence-corrected chi connectivity index (χ4v) is 2.79. The van der Waals surface area contributed by atoms with Crippen molar-refractivity contribution in [1.82, 2.24) is 15.0 Å². The average Bonchev–Trinajstić information content (AvgIpc) is 2.92. The first-order valence-corrected chi connectivity index (χ1v) is 7.12. The molecular weight excluding hydrogens is 252 g/mol. The van der Waals surface area contributed by atoms with Crippen LogP contribution in [0.2, 0.25) is 0 Å². The lowest BCUT2D eigenvalue weighted by molar-refractivity contribution is 0.0834. The predicted molar refractivity (Wildman–Crippen MR) is 76.3 cm³/mol. The molecule has 0 saturated carbocycles. The molecule has 2 aromatic rings. The van der Waals surface area contributed by atoms with Crippen LogP contribution in [-0.4, -0.2) is 28.2 Å². The Hall–Kier alpha value is -1.72. The van der Waals surface area contributed by atoms with Gasteiger partial charge in [0.15, 0.2) is 0 Å². The van der Waals surface area contributed by atoms with Gasteiger partial charge in [-0.15, -0.1) is 5.10 Å². The summed E-state index contributed by atoms with van der Waals surface area (Å²) in [6.07, 6.45) is 2.05. The van der Waals surface area contributed by atoms with Crippen LogP contribution in [-0.2, 0) is 17.8 Å². The molecule has 0 spiro atoms. The smallest absolute Gasteiger partial charge is 0.0997 e. The third-order valence-electron chi connectivity index (χ3n) is 3.82. The molecule has 1 saturated heterocycles. The summed E-state index contributed by atoms with van der Waals surface area (Å²) in [6.45, 7) is 2.82. The Labute approximate surface area is 118 Å². The van der Waals surface area contributed by atoms with Gasteiger partial charge in [0.1, 0.15) is 0 Å². The van der Waals surface area contributed by atoms with Crippen LogP contribution >= 0.6 is 0 Å². The van der Waals surface area contributed by atoms with Crippen LogP contribution < -0.4 is 5.73 Å². The first-order valence-electron chi connectivity index (χ1n) is 7.12. The van der Waals surface area contributed by atoms with E-state index in [0.29, 0.717) is 12.5 Å². The van der Waals surface area contributed by atoms with Crippen molar-refractivity contribution >= 4 is 0 Å². The molecule has 1 aromatic carbocycles. The number of aromatic nitrogens is 3. The molecule has 106 valence electrons. The van der Waals surface area contributed by atoms with Crippen molar-refractivity contribution in [1.29, 1.82) is 0 Å². The molecule has 0 amide bonds. The average molecular weight is 272 g/mol. The third-order valence-corrected chi connectivity index (χ3v) is 3.82. The summed E-state index contributed by atoms with van der Waals surface area (Å²) < 4.78 is 7.46. The Morgan fingerprint density at radius 2 is 1.95 bits per heavy atom. The van der Waals surface area contributed by atoms with Gasteiger partial charge in [-0.25, -0.2) is 4.68 Å². The van der Waals surface area contributed by atoms with E-state index in [1.54, 1.807) is 0 Å². The number of hydrogen-bond donors (Lipinski definition) is 1. The predicted octanol–water partition coefficient (Wildman–Crippen LogP) is 1.68. The summed E-state index contributed by atoms with van der Waals surface area (Å²) in [4.78, 5) is 0. The van der Waals surface area contributed by atoms with Gasteiger partial charge in [-0.1, -0.05) is 35.5 Å². The molecule has 1 aliphatic rings. The lowest BCUT2D eigenvalue weighted by Crippen LogP contribution is -2.20. The van der Waals surface area contributed by atoms with Crippen LogP contribution in [0, 0.1) is 0 Å². The number of nitrogens with zero attached hydrogens (tertiary/aromatic N) is 3. The molecule has 0 aliphatic carbocycles. The minimum Gasteiger partial charge on any atom is -0.381 e. The van der Waals surface area contributed by atoms with Gasteiger partial charge < -0.3 is 10.5 Å². The van der Waals surface area contributed by atoms with Gasteiger partial charge in [0.25, 0.3) is 0 Å². The standard InChI is InChI=1S/C15H20N4O/c16-10-14-15(13-6-8-20-9-7-13)19(18-17-14)11-12-4-2-1-3-5-12/h1-5,13H,6-11,16H2. The highest BCUT2D eigenvalue weighted by Gasteiger charge is 2.24. The molecule has 2 heterocycles. The normalized spacial score (nSPS) is 16.4. The zero-order valence-electron chi connectivity index (χ0n) is 11.5. The molecule has 1 fully saturated rings. The molecule has 1 aliphatic heterocycles. The topological polar surface area (TPSA) is 66.0 Å². The van der Waals surface area contributed by atoms with E-state index in [1.807, 2.05) is 22.9 Å². The Morgan fingerprint density at radius 3 is 2.65 bits per heavy atom. The number of nitrogens with two attached hydrogens (primary N) is 1. The Kier molecular flexibility index (Phi) is 4.08. The van der Waals surface area contributed by atoms with Crippen LogP contribution in [0.15, 0.2) is 30.3 Å². The summed E-state index contributed by atoms with van der Waals surface area (Å²) in [6, 6.07) is 10.3. The molecular formula is C15H20N4O. The molecule has 0 radical (unpaired) electrons. The Morgan fingerprint density at radius 1 is 1.20 bits per heavy atom. The lowest BCUT2D eigenvalue weighted by atomic mass is 9.94. The van der Waals surface area contributed by atoms with Gasteiger partial charge in [-0.05, 0) is 18.4 Å². The summed E-state index contributed by atoms with van der Waals surface area (Å²) >= 11 is 0.